The molecule has 1 heteroatoms. The minimum absolute atomic E-state index is 0.0442. The zero-order valence-corrected chi connectivity index (χ0v) is 10.5. The minimum atomic E-state index is 0.0442. The van der Waals surface area contributed by atoms with Crippen molar-refractivity contribution in [1.82, 2.24) is 0 Å². The second-order valence-corrected chi connectivity index (χ2v) is 6.40. The van der Waals surface area contributed by atoms with Crippen LogP contribution in [0.15, 0.2) is 4.99 Å². The molecular formula is C12H25N. The molecule has 0 saturated heterocycles. The summed E-state index contributed by atoms with van der Waals surface area (Å²) in [5.41, 5.74) is 0.463. The molecule has 0 spiro atoms. The number of nitrogens with zero attached hydrogens (tertiary/aromatic N) is 1. The van der Waals surface area contributed by atoms with E-state index in [9.17, 15) is 0 Å². The monoisotopic (exact) mass is 183 g/mol. The molecule has 1 nitrogen and oxygen atoms in total. The maximum absolute atomic E-state index is 4.57. The van der Waals surface area contributed by atoms with E-state index in [4.69, 9.17) is 0 Å². The summed E-state index contributed by atoms with van der Waals surface area (Å²) in [5, 5.41) is 0. The van der Waals surface area contributed by atoms with Crippen molar-refractivity contribution >= 4 is 6.21 Å². The Kier molecular flexibility index (Phi) is 3.35. The van der Waals surface area contributed by atoms with Crippen molar-refractivity contribution in [3.63, 3.8) is 0 Å². The van der Waals surface area contributed by atoms with Crippen LogP contribution in [0.5, 0.6) is 0 Å². The van der Waals surface area contributed by atoms with E-state index in [1.54, 1.807) is 0 Å². The van der Waals surface area contributed by atoms with Crippen LogP contribution in [0.25, 0.3) is 0 Å². The predicted molar refractivity (Wildman–Crippen MR) is 61.5 cm³/mol. The van der Waals surface area contributed by atoms with Gasteiger partial charge in [-0.2, -0.15) is 0 Å². The second kappa shape index (κ2) is 3.43. The van der Waals surface area contributed by atoms with Gasteiger partial charge < -0.3 is 0 Å². The Balaban J connectivity index is 4.62. The topological polar surface area (TPSA) is 12.4 Å². The van der Waals surface area contributed by atoms with Crippen LogP contribution in [0.4, 0.5) is 0 Å². The first-order valence-electron chi connectivity index (χ1n) is 5.02. The first-order valence-corrected chi connectivity index (χ1v) is 5.02. The summed E-state index contributed by atoms with van der Waals surface area (Å²) in [5.74, 6) is 0. The quantitative estimate of drug-likeness (QED) is 0.546. The van der Waals surface area contributed by atoms with E-state index >= 15 is 0 Å². The van der Waals surface area contributed by atoms with E-state index in [0.29, 0.717) is 0 Å². The predicted octanol–water partition coefficient (Wildman–Crippen LogP) is 3.93. The number of aliphatic imine (C=N–C) groups is 1. The van der Waals surface area contributed by atoms with Crippen LogP contribution in [0.3, 0.4) is 0 Å². The van der Waals surface area contributed by atoms with Crippen molar-refractivity contribution in [2.45, 2.75) is 60.9 Å². The Labute approximate surface area is 83.6 Å². The van der Waals surface area contributed by atoms with Crippen LogP contribution >= 0.6 is 0 Å². The SMILES string of the molecule is CC(C)(C)/N=C/C(C)(C)C(C)(C)C. The van der Waals surface area contributed by atoms with Crippen LogP contribution in [-0.2, 0) is 0 Å². The molecule has 0 unspecified atom stereocenters. The lowest BCUT2D eigenvalue weighted by molar-refractivity contribution is 0.221. The Morgan fingerprint density at radius 2 is 1.15 bits per heavy atom. The van der Waals surface area contributed by atoms with E-state index in [0.717, 1.165) is 0 Å². The van der Waals surface area contributed by atoms with E-state index in [1.165, 1.54) is 0 Å². The van der Waals surface area contributed by atoms with Crippen molar-refractivity contribution in [1.29, 1.82) is 0 Å². The van der Waals surface area contributed by atoms with Gasteiger partial charge in [-0.1, -0.05) is 34.6 Å². The van der Waals surface area contributed by atoms with Gasteiger partial charge in [0.2, 0.25) is 0 Å². The van der Waals surface area contributed by atoms with Crippen molar-refractivity contribution in [2.24, 2.45) is 15.8 Å². The summed E-state index contributed by atoms with van der Waals surface area (Å²) in [6.45, 7) is 17.6. The standard InChI is InChI=1S/C12H25N/c1-10(2,3)12(7,8)9-13-11(4,5)6/h9H,1-8H3/b13-9+. The first kappa shape index (κ1) is 12.7. The zero-order chi connectivity index (χ0) is 10.9. The second-order valence-electron chi connectivity index (χ2n) is 6.40. The smallest absolute Gasteiger partial charge is 0.0520 e. The third kappa shape index (κ3) is 4.44. The molecule has 0 rings (SSSR count). The van der Waals surface area contributed by atoms with Crippen LogP contribution < -0.4 is 0 Å². The van der Waals surface area contributed by atoms with Gasteiger partial charge in [0, 0.05) is 11.6 Å². The molecule has 78 valence electrons. The molecular weight excluding hydrogens is 158 g/mol. The molecule has 0 radical (unpaired) electrons. The average Bonchev–Trinajstić information content (AvgIpc) is 1.79. The molecule has 0 aromatic carbocycles. The molecule has 0 saturated carbocycles. The Bertz CT molecular complexity index is 186. The summed E-state index contributed by atoms with van der Waals surface area (Å²) in [4.78, 5) is 4.57. The fraction of sp³-hybridized carbons (Fsp3) is 0.917. The first-order chi connectivity index (χ1) is 5.46. The molecule has 0 heterocycles. The Morgan fingerprint density at radius 1 is 0.769 bits per heavy atom. The average molecular weight is 183 g/mol. The molecule has 0 aromatic heterocycles. The number of hydrogen-bond donors (Lipinski definition) is 0. The van der Waals surface area contributed by atoms with Crippen molar-refractivity contribution in [3.8, 4) is 0 Å². The fourth-order valence-electron chi connectivity index (χ4n) is 0.549. The lowest BCUT2D eigenvalue weighted by Crippen LogP contribution is -2.32. The lowest BCUT2D eigenvalue weighted by Gasteiger charge is -2.36. The van der Waals surface area contributed by atoms with Gasteiger partial charge in [-0.15, -0.1) is 0 Å². The highest BCUT2D eigenvalue weighted by atomic mass is 14.8. The highest BCUT2D eigenvalue weighted by molar-refractivity contribution is 5.66. The van der Waals surface area contributed by atoms with E-state index in [1.807, 2.05) is 0 Å². The van der Waals surface area contributed by atoms with Crippen molar-refractivity contribution in [3.05, 3.63) is 0 Å². The van der Waals surface area contributed by atoms with Crippen LogP contribution in [0.1, 0.15) is 55.4 Å². The van der Waals surface area contributed by atoms with Gasteiger partial charge >= 0.3 is 0 Å². The summed E-state index contributed by atoms with van der Waals surface area (Å²) < 4.78 is 0. The third-order valence-electron chi connectivity index (χ3n) is 2.71. The summed E-state index contributed by atoms with van der Waals surface area (Å²) >= 11 is 0. The lowest BCUT2D eigenvalue weighted by atomic mass is 9.70. The zero-order valence-electron chi connectivity index (χ0n) is 10.5. The van der Waals surface area contributed by atoms with E-state index in [2.05, 4.69) is 66.6 Å². The fourth-order valence-corrected chi connectivity index (χ4v) is 0.549. The highest BCUT2D eigenvalue weighted by Crippen LogP contribution is 2.36. The van der Waals surface area contributed by atoms with Crippen molar-refractivity contribution < 1.29 is 0 Å². The summed E-state index contributed by atoms with van der Waals surface area (Å²) in [6, 6.07) is 0. The Morgan fingerprint density at radius 3 is 1.38 bits per heavy atom. The van der Waals surface area contributed by atoms with E-state index in [-0.39, 0.29) is 16.4 Å². The molecule has 0 aromatic rings. The largest absolute Gasteiger partial charge is 0.291 e. The molecule has 0 atom stereocenters. The molecule has 13 heavy (non-hydrogen) atoms. The molecule has 0 fully saturated rings. The van der Waals surface area contributed by atoms with Crippen LogP contribution in [0, 0.1) is 10.8 Å². The summed E-state index contributed by atoms with van der Waals surface area (Å²) in [7, 11) is 0. The maximum atomic E-state index is 4.57. The molecule has 0 aliphatic rings. The Hall–Kier alpha value is -0.330. The molecule has 0 amide bonds. The van der Waals surface area contributed by atoms with Gasteiger partial charge in [0.05, 0.1) is 5.54 Å². The van der Waals surface area contributed by atoms with Gasteiger partial charge in [0.15, 0.2) is 0 Å². The number of hydrogen-bond acceptors (Lipinski definition) is 1. The van der Waals surface area contributed by atoms with Gasteiger partial charge in [-0.05, 0) is 26.2 Å². The van der Waals surface area contributed by atoms with Gasteiger partial charge in [0.25, 0.3) is 0 Å². The molecule has 0 bridgehead atoms. The minimum Gasteiger partial charge on any atom is -0.291 e. The van der Waals surface area contributed by atoms with Crippen molar-refractivity contribution in [2.75, 3.05) is 0 Å². The third-order valence-corrected chi connectivity index (χ3v) is 2.71. The molecule has 0 aliphatic carbocycles. The van der Waals surface area contributed by atoms with Crippen LogP contribution in [-0.4, -0.2) is 11.8 Å². The normalized spacial score (nSPS) is 15.4. The highest BCUT2D eigenvalue weighted by Gasteiger charge is 2.31. The van der Waals surface area contributed by atoms with Crippen LogP contribution in [0.2, 0.25) is 0 Å². The summed E-state index contributed by atoms with van der Waals surface area (Å²) in [6.07, 6.45) is 2.10. The van der Waals surface area contributed by atoms with Gasteiger partial charge in [-0.3, -0.25) is 4.99 Å². The van der Waals surface area contributed by atoms with E-state index < -0.39 is 0 Å². The molecule has 0 N–H and O–H groups in total. The molecule has 0 aliphatic heterocycles. The number of rotatable bonds is 1. The van der Waals surface area contributed by atoms with Gasteiger partial charge in [-0.25, -0.2) is 0 Å². The maximum Gasteiger partial charge on any atom is 0.0520 e. The van der Waals surface area contributed by atoms with Gasteiger partial charge in [0.1, 0.15) is 0 Å².